The van der Waals surface area contributed by atoms with Crippen molar-refractivity contribution >= 4 is 59.8 Å². The minimum atomic E-state index is -0.523. The van der Waals surface area contributed by atoms with Gasteiger partial charge in [-0.15, -0.1) is 0 Å². The van der Waals surface area contributed by atoms with Crippen LogP contribution in [-0.2, 0) is 0 Å². The van der Waals surface area contributed by atoms with Crippen LogP contribution in [0.25, 0.3) is 71.1 Å². The molecule has 0 unspecified atom stereocenters. The summed E-state index contributed by atoms with van der Waals surface area (Å²) < 4.78 is 18.9. The van der Waals surface area contributed by atoms with E-state index in [1.807, 2.05) is 72.8 Å². The van der Waals surface area contributed by atoms with E-state index in [-0.39, 0.29) is 16.3 Å². The van der Waals surface area contributed by atoms with Crippen molar-refractivity contribution in [2.45, 2.75) is 0 Å². The maximum Gasteiger partial charge on any atom is 0.301 e. The molecule has 0 saturated heterocycles. The van der Waals surface area contributed by atoms with E-state index in [0.717, 1.165) is 32.0 Å². The summed E-state index contributed by atoms with van der Waals surface area (Å²) in [5.41, 5.74) is 3.22. The van der Waals surface area contributed by atoms with E-state index in [9.17, 15) is 9.59 Å². The van der Waals surface area contributed by atoms with Crippen LogP contribution in [0, 0.1) is 5.82 Å². The Labute approximate surface area is 243 Å². The third-order valence-corrected chi connectivity index (χ3v) is 8.27. The predicted octanol–water partition coefficient (Wildman–Crippen LogP) is 7.92. The molecule has 0 aliphatic carbocycles. The summed E-state index contributed by atoms with van der Waals surface area (Å²) in [6.45, 7) is 7.85. The Morgan fingerprint density at radius 1 is 0.698 bits per heavy atom. The molecule has 0 fully saturated rings. The van der Waals surface area contributed by atoms with Crippen LogP contribution in [-0.4, -0.2) is 14.0 Å². The van der Waals surface area contributed by atoms with E-state index < -0.39 is 16.9 Å². The molecular weight excluding hydrogens is 537 g/mol. The Morgan fingerprint density at radius 2 is 1.37 bits per heavy atom. The maximum atomic E-state index is 16.1. The van der Waals surface area contributed by atoms with Crippen LogP contribution in [0.4, 0.5) is 4.39 Å². The average molecular weight is 560 g/mol. The van der Waals surface area contributed by atoms with Crippen LogP contribution in [0.5, 0.6) is 0 Å². The van der Waals surface area contributed by atoms with Crippen LogP contribution in [0.15, 0.2) is 132 Å². The third-order valence-electron chi connectivity index (χ3n) is 8.27. The van der Waals surface area contributed by atoms with Crippen LogP contribution in [0.3, 0.4) is 0 Å². The van der Waals surface area contributed by atoms with E-state index >= 15 is 4.39 Å². The summed E-state index contributed by atoms with van der Waals surface area (Å²) in [6.07, 6.45) is 5.20. The van der Waals surface area contributed by atoms with E-state index in [0.29, 0.717) is 32.9 Å². The van der Waals surface area contributed by atoms with Gasteiger partial charge in [-0.25, -0.2) is 13.9 Å². The van der Waals surface area contributed by atoms with Gasteiger partial charge in [0.25, 0.3) is 5.56 Å². The number of fused-ring (bicyclic) bond motifs is 9. The Hall–Kier alpha value is -5.88. The molecule has 0 spiro atoms. The second kappa shape index (κ2) is 9.06. The molecule has 8 rings (SSSR count). The van der Waals surface area contributed by atoms with E-state index in [1.54, 1.807) is 40.9 Å². The molecule has 0 radical (unpaired) electrons. The van der Waals surface area contributed by atoms with Crippen molar-refractivity contribution < 1.29 is 4.39 Å². The minimum absolute atomic E-state index is 0.194. The molecule has 0 saturated carbocycles. The largest absolute Gasteiger partial charge is 0.301 e. The zero-order chi connectivity index (χ0) is 29.4. The number of aromatic nitrogens is 3. The lowest BCUT2D eigenvalue weighted by molar-refractivity contribution is 0.651. The van der Waals surface area contributed by atoms with Gasteiger partial charge in [-0.2, -0.15) is 4.52 Å². The third kappa shape index (κ3) is 3.29. The normalized spacial score (nSPS) is 12.3. The molecule has 8 aromatic rings. The van der Waals surface area contributed by atoms with Crippen molar-refractivity contribution in [3.05, 3.63) is 154 Å². The lowest BCUT2D eigenvalue weighted by atomic mass is 9.90. The fourth-order valence-electron chi connectivity index (χ4n) is 6.44. The van der Waals surface area contributed by atoms with Crippen molar-refractivity contribution in [3.8, 4) is 11.3 Å². The molecule has 0 bridgehead atoms. The average Bonchev–Trinajstić information content (AvgIpc) is 3.50. The Morgan fingerprint density at radius 3 is 2.09 bits per heavy atom. The Balaban J connectivity index is 1.62. The first-order valence-electron chi connectivity index (χ1n) is 13.8. The van der Waals surface area contributed by atoms with Crippen molar-refractivity contribution in [3.63, 3.8) is 0 Å². The van der Waals surface area contributed by atoms with Gasteiger partial charge in [0.2, 0.25) is 0 Å². The maximum absolute atomic E-state index is 16.1. The van der Waals surface area contributed by atoms with Crippen molar-refractivity contribution in [1.29, 1.82) is 0 Å². The van der Waals surface area contributed by atoms with Gasteiger partial charge < -0.3 is 0 Å². The van der Waals surface area contributed by atoms with E-state index in [2.05, 4.69) is 13.2 Å². The highest BCUT2D eigenvalue weighted by Gasteiger charge is 2.24. The molecule has 204 valence electrons. The minimum Gasteiger partial charge on any atom is -0.267 e. The summed E-state index contributed by atoms with van der Waals surface area (Å²) in [5.74, 6) is -0.430. The molecule has 0 aliphatic rings. The summed E-state index contributed by atoms with van der Waals surface area (Å²) >= 11 is 0. The number of nitrogens with zero attached hydrogens (tertiary/aromatic N) is 3. The second-order valence-electron chi connectivity index (χ2n) is 10.5. The number of hydrogen-bond acceptors (Lipinski definition) is 3. The fraction of sp³-hybridized carbons (Fsp3) is 0. The standard InChI is InChI=1S/C37H22FN3O2/c1-3-12-21(4-2)31-23-15-8-9-16-24(23)32(38)28-19-29-30(20-27(28)31)40-35-26-18-11-10-17-25(26)33(22-13-6-5-7-14-22)39-34(35)37(43)41(40)36(29)42/h3-20H,1-2H2/b21-12+. The molecule has 0 N–H and O–H groups in total. The van der Waals surface area contributed by atoms with Crippen molar-refractivity contribution in [2.75, 3.05) is 0 Å². The second-order valence-corrected chi connectivity index (χ2v) is 10.5. The number of rotatable bonds is 4. The highest BCUT2D eigenvalue weighted by Crippen LogP contribution is 2.39. The quantitative estimate of drug-likeness (QED) is 0.163. The van der Waals surface area contributed by atoms with Gasteiger partial charge in [0, 0.05) is 27.1 Å². The smallest absolute Gasteiger partial charge is 0.267 e. The summed E-state index contributed by atoms with van der Waals surface area (Å²) in [7, 11) is 0. The number of halogens is 1. The first-order valence-corrected chi connectivity index (χ1v) is 13.8. The number of allylic oxidation sites excluding steroid dienone is 4. The fourth-order valence-corrected chi connectivity index (χ4v) is 6.44. The summed E-state index contributed by atoms with van der Waals surface area (Å²) in [5, 5.41) is 3.90. The number of benzene rings is 5. The van der Waals surface area contributed by atoms with Crippen LogP contribution < -0.4 is 11.1 Å². The molecular formula is C37H22FN3O2. The molecule has 0 atom stereocenters. The van der Waals surface area contributed by atoms with Gasteiger partial charge in [0.15, 0.2) is 5.52 Å². The topological polar surface area (TPSA) is 55.8 Å². The number of hydrogen-bond donors (Lipinski definition) is 0. The van der Waals surface area contributed by atoms with E-state index in [1.165, 1.54) is 0 Å². The van der Waals surface area contributed by atoms with Gasteiger partial charge >= 0.3 is 5.56 Å². The van der Waals surface area contributed by atoms with Crippen LogP contribution in [0.2, 0.25) is 0 Å². The number of pyridine rings is 1. The van der Waals surface area contributed by atoms with Gasteiger partial charge in [-0.3, -0.25) is 9.59 Å². The SMILES string of the molecule is C=C/C=C(\C=C)c1c2ccccc2c(F)c2cc3c(=O)n4c(=O)c5nc(-c6ccccc6)c6ccccc6c5n4c3cc12. The zero-order valence-corrected chi connectivity index (χ0v) is 22.8. The highest BCUT2D eigenvalue weighted by molar-refractivity contribution is 6.15. The monoisotopic (exact) mass is 559 g/mol. The first-order chi connectivity index (χ1) is 21.0. The highest BCUT2D eigenvalue weighted by atomic mass is 19.1. The molecule has 3 aromatic heterocycles. The van der Waals surface area contributed by atoms with Crippen LogP contribution >= 0.6 is 0 Å². The van der Waals surface area contributed by atoms with Crippen LogP contribution in [0.1, 0.15) is 5.56 Å². The van der Waals surface area contributed by atoms with Crippen molar-refractivity contribution in [2.24, 2.45) is 0 Å². The molecule has 5 aromatic carbocycles. The molecule has 0 aliphatic heterocycles. The zero-order valence-electron chi connectivity index (χ0n) is 22.8. The molecule has 0 amide bonds. The molecule has 43 heavy (non-hydrogen) atoms. The van der Waals surface area contributed by atoms with Crippen molar-refractivity contribution in [1.82, 2.24) is 14.0 Å². The molecule has 6 heteroatoms. The lowest BCUT2D eigenvalue weighted by Crippen LogP contribution is -2.21. The molecule has 5 nitrogen and oxygen atoms in total. The van der Waals surface area contributed by atoms with Gasteiger partial charge in [-0.05, 0) is 34.0 Å². The Bertz CT molecular complexity index is 2650. The summed E-state index contributed by atoms with van der Waals surface area (Å²) in [4.78, 5) is 32.7. The van der Waals surface area contributed by atoms with Gasteiger partial charge in [0.05, 0.1) is 16.6 Å². The first kappa shape index (κ1) is 24.9. The van der Waals surface area contributed by atoms with Gasteiger partial charge in [-0.1, -0.05) is 110 Å². The molecule has 3 heterocycles. The van der Waals surface area contributed by atoms with E-state index in [4.69, 9.17) is 4.98 Å². The van der Waals surface area contributed by atoms with Gasteiger partial charge in [0.1, 0.15) is 11.3 Å². The lowest BCUT2D eigenvalue weighted by Gasteiger charge is -2.14. The Kier molecular flexibility index (Phi) is 5.24. The predicted molar refractivity (Wildman–Crippen MR) is 174 cm³/mol. The summed E-state index contributed by atoms with van der Waals surface area (Å²) in [6, 6.07) is 28.0.